The molecule has 1 aromatic heterocycles. The Hall–Kier alpha value is -1.95. The van der Waals surface area contributed by atoms with Gasteiger partial charge in [0, 0.05) is 4.88 Å². The normalized spacial score (nSPS) is 10.3. The van der Waals surface area contributed by atoms with Gasteiger partial charge in [-0.05, 0) is 23.6 Å². The van der Waals surface area contributed by atoms with Crippen LogP contribution in [0.5, 0.6) is 0 Å². The average molecular weight is 268 g/mol. The summed E-state index contributed by atoms with van der Waals surface area (Å²) in [6.07, 6.45) is 0.104. The molecule has 0 aliphatic carbocycles. The number of amides is 1. The number of thiophene rings is 1. The minimum atomic E-state index is -1.14. The fraction of sp³-hybridized carbons (Fsp3) is 0.0833. The molecule has 1 amide bonds. The van der Waals surface area contributed by atoms with Crippen LogP contribution in [-0.4, -0.2) is 5.91 Å². The van der Waals surface area contributed by atoms with Crippen LogP contribution in [0.3, 0.4) is 0 Å². The zero-order valence-electron chi connectivity index (χ0n) is 9.24. The third-order valence-electron chi connectivity index (χ3n) is 2.31. The zero-order valence-corrected chi connectivity index (χ0v) is 10.1. The Bertz CT molecular complexity index is 570. The van der Waals surface area contributed by atoms with Gasteiger partial charge in [-0.15, -0.1) is 11.3 Å². The molecule has 94 valence electrons. The van der Waals surface area contributed by atoms with Crippen LogP contribution in [0.1, 0.15) is 4.88 Å². The van der Waals surface area contributed by atoms with Gasteiger partial charge in [-0.2, -0.15) is 0 Å². The Labute approximate surface area is 106 Å². The third-order valence-corrected chi connectivity index (χ3v) is 3.18. The Morgan fingerprint density at radius 1 is 1.33 bits per heavy atom. The molecule has 2 rings (SSSR count). The number of nitrogens with one attached hydrogen (secondary N) is 1. The summed E-state index contributed by atoms with van der Waals surface area (Å²) >= 11 is 1.41. The van der Waals surface area contributed by atoms with Crippen molar-refractivity contribution >= 4 is 28.6 Å². The molecule has 3 N–H and O–H groups in total. The number of nitrogens with two attached hydrogens (primary N) is 1. The molecule has 2 aromatic rings. The van der Waals surface area contributed by atoms with E-state index in [2.05, 4.69) is 5.32 Å². The summed E-state index contributed by atoms with van der Waals surface area (Å²) in [5, 5.41) is 4.12. The van der Waals surface area contributed by atoms with Crippen molar-refractivity contribution in [3.05, 3.63) is 46.2 Å². The lowest BCUT2D eigenvalue weighted by atomic mass is 10.2. The molecule has 18 heavy (non-hydrogen) atoms. The molecule has 0 fully saturated rings. The molecule has 3 nitrogen and oxygen atoms in total. The molecule has 0 atom stereocenters. The lowest BCUT2D eigenvalue weighted by Crippen LogP contribution is -2.16. The van der Waals surface area contributed by atoms with Crippen LogP contribution in [-0.2, 0) is 11.2 Å². The van der Waals surface area contributed by atoms with E-state index in [1.54, 1.807) is 6.07 Å². The van der Waals surface area contributed by atoms with Crippen molar-refractivity contribution in [2.45, 2.75) is 6.42 Å². The molecule has 0 saturated carbocycles. The van der Waals surface area contributed by atoms with E-state index in [0.717, 1.165) is 10.9 Å². The van der Waals surface area contributed by atoms with Crippen LogP contribution in [0.25, 0.3) is 0 Å². The maximum atomic E-state index is 13.4. The van der Waals surface area contributed by atoms with E-state index < -0.39 is 17.5 Å². The summed E-state index contributed by atoms with van der Waals surface area (Å²) in [6, 6.07) is 5.72. The predicted octanol–water partition coefficient (Wildman–Crippen LogP) is 2.79. The van der Waals surface area contributed by atoms with Crippen LogP contribution in [0.2, 0.25) is 0 Å². The Kier molecular flexibility index (Phi) is 3.57. The topological polar surface area (TPSA) is 55.1 Å². The molecule has 0 aliphatic rings. The van der Waals surface area contributed by atoms with Crippen molar-refractivity contribution in [2.24, 2.45) is 0 Å². The second-order valence-electron chi connectivity index (χ2n) is 3.63. The second kappa shape index (κ2) is 5.14. The molecular formula is C12H10F2N2OS. The first-order valence-corrected chi connectivity index (χ1v) is 6.01. The molecular weight excluding hydrogens is 258 g/mol. The Morgan fingerprint density at radius 2 is 2.11 bits per heavy atom. The zero-order chi connectivity index (χ0) is 13.1. The van der Waals surface area contributed by atoms with Crippen molar-refractivity contribution in [3.63, 3.8) is 0 Å². The molecule has 0 saturated heterocycles. The van der Waals surface area contributed by atoms with Crippen LogP contribution < -0.4 is 11.1 Å². The average Bonchev–Trinajstić information content (AvgIpc) is 2.82. The van der Waals surface area contributed by atoms with Crippen molar-refractivity contribution in [1.29, 1.82) is 0 Å². The lowest BCUT2D eigenvalue weighted by molar-refractivity contribution is -0.115. The van der Waals surface area contributed by atoms with Gasteiger partial charge in [0.05, 0.1) is 12.1 Å². The number of carbonyl (C=O) groups is 1. The number of benzene rings is 1. The van der Waals surface area contributed by atoms with E-state index in [4.69, 9.17) is 5.73 Å². The number of nitrogen functional groups attached to an aromatic ring is 1. The van der Waals surface area contributed by atoms with Crippen LogP contribution in [0.4, 0.5) is 20.2 Å². The third kappa shape index (κ3) is 2.65. The number of rotatable bonds is 3. The minimum Gasteiger partial charge on any atom is -0.397 e. The van der Waals surface area contributed by atoms with Gasteiger partial charge >= 0.3 is 0 Å². The van der Waals surface area contributed by atoms with Crippen LogP contribution >= 0.6 is 11.3 Å². The van der Waals surface area contributed by atoms with E-state index in [1.165, 1.54) is 17.4 Å². The molecule has 1 aromatic carbocycles. The Balaban J connectivity index is 2.14. The van der Waals surface area contributed by atoms with E-state index in [0.29, 0.717) is 0 Å². The van der Waals surface area contributed by atoms with Gasteiger partial charge in [0.1, 0.15) is 5.69 Å². The molecule has 0 radical (unpaired) electrons. The first kappa shape index (κ1) is 12.5. The summed E-state index contributed by atoms with van der Waals surface area (Å²) in [5.74, 6) is -2.63. The molecule has 0 aliphatic heterocycles. The standard InChI is InChI=1S/C12H10F2N2OS/c13-8-3-4-9(15)12(11(8)14)16-10(17)6-7-2-1-5-18-7/h1-5H,6,15H2,(H,16,17). The summed E-state index contributed by atoms with van der Waals surface area (Å²) in [7, 11) is 0. The molecule has 0 unspecified atom stereocenters. The van der Waals surface area contributed by atoms with Crippen molar-refractivity contribution < 1.29 is 13.6 Å². The molecule has 0 bridgehead atoms. The van der Waals surface area contributed by atoms with Crippen molar-refractivity contribution in [1.82, 2.24) is 0 Å². The number of hydrogen-bond acceptors (Lipinski definition) is 3. The fourth-order valence-electron chi connectivity index (χ4n) is 1.45. The highest BCUT2D eigenvalue weighted by molar-refractivity contribution is 7.10. The SMILES string of the molecule is Nc1ccc(F)c(F)c1NC(=O)Cc1cccs1. The maximum absolute atomic E-state index is 13.4. The van der Waals surface area contributed by atoms with Crippen molar-refractivity contribution in [2.75, 3.05) is 11.1 Å². The lowest BCUT2D eigenvalue weighted by Gasteiger charge is -2.09. The molecule has 1 heterocycles. The van der Waals surface area contributed by atoms with Gasteiger partial charge in [-0.3, -0.25) is 4.79 Å². The summed E-state index contributed by atoms with van der Waals surface area (Å²) in [6.45, 7) is 0. The quantitative estimate of drug-likeness (QED) is 0.841. The predicted molar refractivity (Wildman–Crippen MR) is 67.4 cm³/mol. The van der Waals surface area contributed by atoms with E-state index in [9.17, 15) is 13.6 Å². The highest BCUT2D eigenvalue weighted by atomic mass is 32.1. The Morgan fingerprint density at radius 3 is 2.78 bits per heavy atom. The van der Waals surface area contributed by atoms with Gasteiger partial charge in [-0.1, -0.05) is 6.07 Å². The first-order valence-electron chi connectivity index (χ1n) is 5.13. The van der Waals surface area contributed by atoms with Crippen LogP contribution in [0.15, 0.2) is 29.6 Å². The van der Waals surface area contributed by atoms with Crippen molar-refractivity contribution in [3.8, 4) is 0 Å². The maximum Gasteiger partial charge on any atom is 0.229 e. The second-order valence-corrected chi connectivity index (χ2v) is 4.66. The highest BCUT2D eigenvalue weighted by Gasteiger charge is 2.14. The number of hydrogen-bond donors (Lipinski definition) is 2. The minimum absolute atomic E-state index is 0.00608. The van der Waals surface area contributed by atoms with Gasteiger partial charge in [0.15, 0.2) is 11.6 Å². The van der Waals surface area contributed by atoms with Crippen LogP contribution in [0, 0.1) is 11.6 Å². The number of halogens is 2. The summed E-state index contributed by atoms with van der Waals surface area (Å²) in [4.78, 5) is 12.5. The van der Waals surface area contributed by atoms with Gasteiger partial charge in [-0.25, -0.2) is 8.78 Å². The highest BCUT2D eigenvalue weighted by Crippen LogP contribution is 2.24. The van der Waals surface area contributed by atoms with Gasteiger partial charge in [0.2, 0.25) is 5.91 Å². The smallest absolute Gasteiger partial charge is 0.229 e. The first-order chi connectivity index (χ1) is 8.58. The fourth-order valence-corrected chi connectivity index (χ4v) is 2.15. The monoisotopic (exact) mass is 268 g/mol. The van der Waals surface area contributed by atoms with Gasteiger partial charge < -0.3 is 11.1 Å². The van der Waals surface area contributed by atoms with Gasteiger partial charge in [0.25, 0.3) is 0 Å². The van der Waals surface area contributed by atoms with E-state index in [-0.39, 0.29) is 17.8 Å². The number of carbonyl (C=O) groups excluding carboxylic acids is 1. The summed E-state index contributed by atoms with van der Waals surface area (Å²) < 4.78 is 26.4. The summed E-state index contributed by atoms with van der Waals surface area (Å²) in [5.41, 5.74) is 5.18. The number of anilines is 2. The molecule has 6 heteroatoms. The van der Waals surface area contributed by atoms with E-state index >= 15 is 0 Å². The largest absolute Gasteiger partial charge is 0.397 e. The van der Waals surface area contributed by atoms with E-state index in [1.807, 2.05) is 11.4 Å². The molecule has 0 spiro atoms.